The van der Waals surface area contributed by atoms with Crippen LogP contribution in [0.25, 0.3) is 0 Å². The van der Waals surface area contributed by atoms with Gasteiger partial charge in [0.1, 0.15) is 0 Å². The van der Waals surface area contributed by atoms with Crippen molar-refractivity contribution in [1.82, 2.24) is 15.4 Å². The Bertz CT molecular complexity index is 959. The Morgan fingerprint density at radius 1 is 1.10 bits per heavy atom. The van der Waals surface area contributed by atoms with Gasteiger partial charge < -0.3 is 10.6 Å². The van der Waals surface area contributed by atoms with E-state index >= 15 is 0 Å². The summed E-state index contributed by atoms with van der Waals surface area (Å²) in [4.78, 5) is 14.5. The molecule has 0 heterocycles. The van der Waals surface area contributed by atoms with Crippen LogP contribution in [0.15, 0.2) is 58.4 Å². The van der Waals surface area contributed by atoms with Crippen LogP contribution < -0.4 is 15.4 Å². The molecule has 2 aromatic rings. The van der Waals surface area contributed by atoms with Crippen LogP contribution in [0.2, 0.25) is 0 Å². The second kappa shape index (κ2) is 10.5. The van der Waals surface area contributed by atoms with Crippen molar-refractivity contribution < 1.29 is 13.3 Å². The Kier molecular flexibility index (Phi) is 8.10. The molecule has 0 spiro atoms. The number of guanidine groups is 1. The van der Waals surface area contributed by atoms with Gasteiger partial charge in [-0.05, 0) is 25.5 Å². The summed E-state index contributed by atoms with van der Waals surface area (Å²) in [7, 11) is -3.84. The molecule has 10 heteroatoms. The standard InChI is InChI=1S/C19H25N5O4S/c1-3-20-19(22-14-16-9-7-15(2)8-10-16)21-11-12-23-29(27,28)18-6-4-5-17(13-18)24(25)26/h4-10,13,23H,3,11-12,14H2,1-2H3,(H2,20,21,22). The molecule has 0 unspecified atom stereocenters. The molecule has 156 valence electrons. The van der Waals surface area contributed by atoms with E-state index in [2.05, 4.69) is 20.3 Å². The zero-order valence-corrected chi connectivity index (χ0v) is 17.2. The highest BCUT2D eigenvalue weighted by Crippen LogP contribution is 2.16. The molecule has 3 N–H and O–H groups in total. The van der Waals surface area contributed by atoms with Crippen LogP contribution in [0, 0.1) is 17.0 Å². The van der Waals surface area contributed by atoms with Crippen molar-refractivity contribution in [3.8, 4) is 0 Å². The SMILES string of the molecule is CCNC(=NCc1ccc(C)cc1)NCCNS(=O)(=O)c1cccc([N+](=O)[O-])c1. The molecule has 29 heavy (non-hydrogen) atoms. The van der Waals surface area contributed by atoms with Gasteiger partial charge in [0.2, 0.25) is 10.0 Å². The smallest absolute Gasteiger partial charge is 0.270 e. The number of hydrogen-bond donors (Lipinski definition) is 3. The van der Waals surface area contributed by atoms with E-state index in [4.69, 9.17) is 0 Å². The van der Waals surface area contributed by atoms with Crippen LogP contribution in [0.4, 0.5) is 5.69 Å². The maximum absolute atomic E-state index is 12.3. The molecule has 0 aliphatic heterocycles. The van der Waals surface area contributed by atoms with Gasteiger partial charge in [-0.15, -0.1) is 0 Å². The van der Waals surface area contributed by atoms with Gasteiger partial charge in [-0.1, -0.05) is 35.9 Å². The van der Waals surface area contributed by atoms with Gasteiger partial charge in [0.25, 0.3) is 5.69 Å². The van der Waals surface area contributed by atoms with Crippen LogP contribution in [0.1, 0.15) is 18.1 Å². The fourth-order valence-corrected chi connectivity index (χ4v) is 3.49. The van der Waals surface area contributed by atoms with Gasteiger partial charge >= 0.3 is 0 Å². The number of nitro benzene ring substituents is 1. The zero-order valence-electron chi connectivity index (χ0n) is 16.4. The van der Waals surface area contributed by atoms with Gasteiger partial charge in [0.15, 0.2) is 5.96 Å². The highest BCUT2D eigenvalue weighted by atomic mass is 32.2. The number of sulfonamides is 1. The Hall–Kier alpha value is -2.98. The third-order valence-corrected chi connectivity index (χ3v) is 5.39. The van der Waals surface area contributed by atoms with Crippen molar-refractivity contribution in [2.24, 2.45) is 4.99 Å². The Labute approximate surface area is 170 Å². The van der Waals surface area contributed by atoms with Crippen molar-refractivity contribution in [3.05, 3.63) is 69.8 Å². The van der Waals surface area contributed by atoms with Gasteiger partial charge in [-0.25, -0.2) is 18.1 Å². The summed E-state index contributed by atoms with van der Waals surface area (Å²) in [6.45, 7) is 5.52. The minimum atomic E-state index is -3.84. The van der Waals surface area contributed by atoms with Crippen molar-refractivity contribution in [2.45, 2.75) is 25.3 Å². The topological polar surface area (TPSA) is 126 Å². The van der Waals surface area contributed by atoms with Gasteiger partial charge in [-0.2, -0.15) is 0 Å². The van der Waals surface area contributed by atoms with Crippen LogP contribution in [-0.2, 0) is 16.6 Å². The molecule has 0 fully saturated rings. The molecule has 0 atom stereocenters. The summed E-state index contributed by atoms with van der Waals surface area (Å²) in [5.74, 6) is 0.572. The number of nitro groups is 1. The summed E-state index contributed by atoms with van der Waals surface area (Å²) in [5, 5.41) is 17.0. The fraction of sp³-hybridized carbons (Fsp3) is 0.316. The van der Waals surface area contributed by atoms with Gasteiger partial charge in [0.05, 0.1) is 16.4 Å². The van der Waals surface area contributed by atoms with E-state index in [1.54, 1.807) is 0 Å². The highest BCUT2D eigenvalue weighted by Gasteiger charge is 2.17. The second-order valence-corrected chi connectivity index (χ2v) is 8.03. The Balaban J connectivity index is 1.90. The minimum Gasteiger partial charge on any atom is -0.357 e. The summed E-state index contributed by atoms with van der Waals surface area (Å²) < 4.78 is 27.0. The molecule has 2 aromatic carbocycles. The summed E-state index contributed by atoms with van der Waals surface area (Å²) >= 11 is 0. The molecular formula is C19H25N5O4S. The largest absolute Gasteiger partial charge is 0.357 e. The van der Waals surface area contributed by atoms with E-state index in [1.165, 1.54) is 23.8 Å². The van der Waals surface area contributed by atoms with E-state index in [9.17, 15) is 18.5 Å². The van der Waals surface area contributed by atoms with Crippen LogP contribution in [-0.4, -0.2) is 38.9 Å². The van der Waals surface area contributed by atoms with Crippen LogP contribution in [0.3, 0.4) is 0 Å². The number of non-ortho nitro benzene ring substituents is 1. The normalized spacial score (nSPS) is 11.9. The van der Waals surface area contributed by atoms with Gasteiger partial charge in [0, 0.05) is 31.8 Å². The third-order valence-electron chi connectivity index (χ3n) is 3.93. The summed E-state index contributed by atoms with van der Waals surface area (Å²) in [6, 6.07) is 13.0. The molecule has 2 rings (SSSR count). The predicted molar refractivity (Wildman–Crippen MR) is 112 cm³/mol. The molecule has 0 aliphatic carbocycles. The number of aryl methyl sites for hydroxylation is 1. The van der Waals surface area contributed by atoms with Crippen LogP contribution >= 0.6 is 0 Å². The van der Waals surface area contributed by atoms with Crippen molar-refractivity contribution in [2.75, 3.05) is 19.6 Å². The monoisotopic (exact) mass is 419 g/mol. The number of benzene rings is 2. The van der Waals surface area contributed by atoms with E-state index < -0.39 is 14.9 Å². The number of hydrogen-bond acceptors (Lipinski definition) is 5. The summed E-state index contributed by atoms with van der Waals surface area (Å²) in [6.07, 6.45) is 0. The van der Waals surface area contributed by atoms with E-state index in [1.807, 2.05) is 38.1 Å². The first-order valence-electron chi connectivity index (χ1n) is 9.13. The minimum absolute atomic E-state index is 0.0972. The Morgan fingerprint density at radius 3 is 2.48 bits per heavy atom. The van der Waals surface area contributed by atoms with E-state index in [-0.39, 0.29) is 17.1 Å². The maximum atomic E-state index is 12.3. The first-order valence-corrected chi connectivity index (χ1v) is 10.6. The number of nitrogens with zero attached hydrogens (tertiary/aromatic N) is 2. The first kappa shape index (κ1) is 22.3. The van der Waals surface area contributed by atoms with E-state index in [0.717, 1.165) is 11.6 Å². The molecule has 9 nitrogen and oxygen atoms in total. The number of rotatable bonds is 9. The lowest BCUT2D eigenvalue weighted by Gasteiger charge is -2.12. The lowest BCUT2D eigenvalue weighted by molar-refractivity contribution is -0.385. The molecular weight excluding hydrogens is 394 g/mol. The first-order chi connectivity index (χ1) is 13.8. The number of aliphatic imine (C=N–C) groups is 1. The molecule has 0 radical (unpaired) electrons. The second-order valence-electron chi connectivity index (χ2n) is 6.26. The quantitative estimate of drug-likeness (QED) is 0.187. The molecule has 0 aliphatic rings. The predicted octanol–water partition coefficient (Wildman–Crippen LogP) is 1.94. The van der Waals surface area contributed by atoms with Crippen molar-refractivity contribution in [1.29, 1.82) is 0 Å². The van der Waals surface area contributed by atoms with E-state index in [0.29, 0.717) is 25.6 Å². The third kappa shape index (κ3) is 7.16. The number of nitrogens with one attached hydrogen (secondary N) is 3. The molecule has 0 bridgehead atoms. The van der Waals surface area contributed by atoms with Gasteiger partial charge in [-0.3, -0.25) is 10.1 Å². The van der Waals surface area contributed by atoms with Crippen molar-refractivity contribution in [3.63, 3.8) is 0 Å². The average molecular weight is 420 g/mol. The van der Waals surface area contributed by atoms with Crippen LogP contribution in [0.5, 0.6) is 0 Å². The molecule has 0 saturated carbocycles. The average Bonchev–Trinajstić information content (AvgIpc) is 2.70. The molecule has 0 amide bonds. The van der Waals surface area contributed by atoms with Crippen molar-refractivity contribution >= 4 is 21.7 Å². The molecule has 0 saturated heterocycles. The summed E-state index contributed by atoms with van der Waals surface area (Å²) in [5.41, 5.74) is 1.97. The lowest BCUT2D eigenvalue weighted by atomic mass is 10.1. The Morgan fingerprint density at radius 2 is 1.83 bits per heavy atom. The maximum Gasteiger partial charge on any atom is 0.270 e. The lowest BCUT2D eigenvalue weighted by Crippen LogP contribution is -2.41. The molecule has 0 aromatic heterocycles. The zero-order chi connectivity index (χ0) is 21.3. The fourth-order valence-electron chi connectivity index (χ4n) is 2.42. The highest BCUT2D eigenvalue weighted by molar-refractivity contribution is 7.89.